The highest BCUT2D eigenvalue weighted by Crippen LogP contribution is 2.03. The highest BCUT2D eigenvalue weighted by atomic mass is 32.1. The predicted molar refractivity (Wildman–Crippen MR) is 105 cm³/mol. The second-order valence-corrected chi connectivity index (χ2v) is 6.55. The molecule has 1 heterocycles. The fourth-order valence-electron chi connectivity index (χ4n) is 2.34. The Balaban J connectivity index is 2.80. The van der Waals surface area contributed by atoms with Crippen molar-refractivity contribution in [3.05, 3.63) is 18.2 Å². The number of hydrogen-bond acceptors (Lipinski definition) is 8. The molecular weight excluding hydrogens is 420 g/mol. The van der Waals surface area contributed by atoms with Crippen molar-refractivity contribution >= 4 is 42.3 Å². The van der Waals surface area contributed by atoms with Crippen LogP contribution in [0.5, 0.6) is 0 Å². The number of rotatable bonds is 13. The molecule has 1 rings (SSSR count). The maximum absolute atomic E-state index is 12.5. The average molecular weight is 444 g/mol. The van der Waals surface area contributed by atoms with Crippen LogP contribution in [0.15, 0.2) is 12.5 Å². The van der Waals surface area contributed by atoms with Crippen LogP contribution in [0.4, 0.5) is 0 Å². The third-order valence-electron chi connectivity index (χ3n) is 3.89. The van der Waals surface area contributed by atoms with E-state index in [0.29, 0.717) is 5.69 Å². The van der Waals surface area contributed by atoms with E-state index in [9.17, 15) is 29.1 Å². The van der Waals surface area contributed by atoms with E-state index in [4.69, 9.17) is 10.8 Å². The number of nitrogens with two attached hydrogens (primary N) is 1. The predicted octanol–water partition coefficient (Wildman–Crippen LogP) is -2.76. The molecule has 3 amide bonds. The number of nitrogens with zero attached hydrogens (tertiary/aromatic N) is 1. The molecule has 0 aliphatic carbocycles. The zero-order valence-electron chi connectivity index (χ0n) is 15.8. The van der Waals surface area contributed by atoms with Crippen molar-refractivity contribution in [1.82, 2.24) is 25.9 Å². The third-order valence-corrected chi connectivity index (χ3v) is 4.26. The number of carbonyl (C=O) groups excluding carboxylic acids is 3. The highest BCUT2D eigenvalue weighted by Gasteiger charge is 2.29. The lowest BCUT2D eigenvalue weighted by Gasteiger charge is -2.23. The topological polar surface area (TPSA) is 217 Å². The first-order valence-corrected chi connectivity index (χ1v) is 9.44. The summed E-state index contributed by atoms with van der Waals surface area (Å²) in [5.41, 5.74) is 5.67. The van der Waals surface area contributed by atoms with E-state index in [1.807, 2.05) is 0 Å². The summed E-state index contributed by atoms with van der Waals surface area (Å²) in [6, 6.07) is -3.77. The smallest absolute Gasteiger partial charge is 0.326 e. The fraction of sp³-hybridized carbons (Fsp3) is 0.500. The Bertz CT molecular complexity index is 757. The normalized spacial score (nSPS) is 13.5. The number of H-pyrrole nitrogens is 1. The Hall–Kier alpha value is -3.13. The Morgan fingerprint density at radius 3 is 2.20 bits per heavy atom. The molecule has 0 bridgehead atoms. The Morgan fingerprint density at radius 2 is 1.70 bits per heavy atom. The van der Waals surface area contributed by atoms with Crippen molar-refractivity contribution < 1.29 is 34.2 Å². The third kappa shape index (κ3) is 8.48. The molecule has 0 saturated heterocycles. The molecule has 166 valence electrons. The molecule has 1 aromatic rings. The summed E-state index contributed by atoms with van der Waals surface area (Å²) in [5.74, 6) is -4.97. The second-order valence-electron chi connectivity index (χ2n) is 6.18. The molecule has 1 aromatic heterocycles. The molecule has 14 heteroatoms. The standard InChI is InChI=1S/C16H24N6O7S/c17-4-12(23)20-9(1-2-13(24)25)14(26)22-11(6-30)15(27)21-10(16(28)29)3-8-5-18-7-19-8/h5,7,9-11,30H,1-4,6,17H2,(H,18,19)(H,20,23)(H,21,27)(H,22,26)(H,24,25)(H,28,29). The van der Waals surface area contributed by atoms with Crippen molar-refractivity contribution in [3.8, 4) is 0 Å². The number of aromatic nitrogens is 2. The van der Waals surface area contributed by atoms with Gasteiger partial charge < -0.3 is 36.9 Å². The summed E-state index contributed by atoms with van der Waals surface area (Å²) >= 11 is 3.99. The van der Waals surface area contributed by atoms with Gasteiger partial charge in [-0.3, -0.25) is 19.2 Å². The largest absolute Gasteiger partial charge is 0.481 e. The van der Waals surface area contributed by atoms with Gasteiger partial charge in [0, 0.05) is 30.5 Å². The van der Waals surface area contributed by atoms with Crippen molar-refractivity contribution in [3.63, 3.8) is 0 Å². The summed E-state index contributed by atoms with van der Waals surface area (Å²) in [6.07, 6.45) is 2.06. The first-order chi connectivity index (χ1) is 14.2. The zero-order valence-corrected chi connectivity index (χ0v) is 16.7. The molecule has 13 nitrogen and oxygen atoms in total. The number of imidazole rings is 1. The fourth-order valence-corrected chi connectivity index (χ4v) is 2.60. The minimum Gasteiger partial charge on any atom is -0.481 e. The number of carboxylic acid groups (broad SMARTS) is 2. The molecule has 0 aromatic carbocycles. The van der Waals surface area contributed by atoms with Crippen LogP contribution in [0, 0.1) is 0 Å². The van der Waals surface area contributed by atoms with E-state index >= 15 is 0 Å². The molecule has 3 unspecified atom stereocenters. The number of carboxylic acids is 2. The summed E-state index contributed by atoms with van der Waals surface area (Å²) in [7, 11) is 0. The molecule has 8 N–H and O–H groups in total. The summed E-state index contributed by atoms with van der Waals surface area (Å²) in [6.45, 7) is -0.415. The van der Waals surface area contributed by atoms with Gasteiger partial charge in [-0.05, 0) is 6.42 Å². The number of nitrogens with one attached hydrogen (secondary N) is 4. The van der Waals surface area contributed by atoms with Crippen LogP contribution in [0.1, 0.15) is 18.5 Å². The molecule has 3 atom stereocenters. The second kappa shape index (κ2) is 12.4. The highest BCUT2D eigenvalue weighted by molar-refractivity contribution is 7.80. The van der Waals surface area contributed by atoms with Crippen LogP contribution >= 0.6 is 12.6 Å². The lowest BCUT2D eigenvalue weighted by molar-refractivity contribution is -0.142. The number of thiol groups is 1. The number of aromatic amines is 1. The number of aliphatic carboxylic acids is 2. The summed E-state index contributed by atoms with van der Waals surface area (Å²) < 4.78 is 0. The molecule has 0 saturated carbocycles. The van der Waals surface area contributed by atoms with Gasteiger partial charge in [-0.2, -0.15) is 12.6 Å². The SMILES string of the molecule is NCC(=O)NC(CCC(=O)O)C(=O)NC(CS)C(=O)NC(Cc1cnc[nH]1)C(=O)O. The first-order valence-electron chi connectivity index (χ1n) is 8.80. The number of hydrogen-bond donors (Lipinski definition) is 8. The maximum Gasteiger partial charge on any atom is 0.326 e. The number of amides is 3. The molecule has 0 radical (unpaired) electrons. The van der Waals surface area contributed by atoms with Gasteiger partial charge in [0.05, 0.1) is 12.9 Å². The maximum atomic E-state index is 12.5. The van der Waals surface area contributed by atoms with Gasteiger partial charge in [-0.25, -0.2) is 9.78 Å². The van der Waals surface area contributed by atoms with E-state index in [0.717, 1.165) is 0 Å². The van der Waals surface area contributed by atoms with Gasteiger partial charge in [-0.1, -0.05) is 0 Å². The Labute approximate surface area is 176 Å². The van der Waals surface area contributed by atoms with E-state index in [1.165, 1.54) is 12.5 Å². The molecule has 0 spiro atoms. The van der Waals surface area contributed by atoms with Crippen molar-refractivity contribution in [2.45, 2.75) is 37.4 Å². The van der Waals surface area contributed by atoms with Gasteiger partial charge in [0.25, 0.3) is 0 Å². The van der Waals surface area contributed by atoms with Crippen LogP contribution in [0.3, 0.4) is 0 Å². The van der Waals surface area contributed by atoms with E-state index in [2.05, 4.69) is 38.5 Å². The van der Waals surface area contributed by atoms with Crippen LogP contribution in [-0.4, -0.2) is 80.3 Å². The minimum atomic E-state index is -1.29. The van der Waals surface area contributed by atoms with Crippen LogP contribution < -0.4 is 21.7 Å². The van der Waals surface area contributed by atoms with Crippen molar-refractivity contribution in [2.24, 2.45) is 5.73 Å². The van der Waals surface area contributed by atoms with Crippen LogP contribution in [0.2, 0.25) is 0 Å². The van der Waals surface area contributed by atoms with Crippen molar-refractivity contribution in [2.75, 3.05) is 12.3 Å². The molecule has 0 aliphatic rings. The van der Waals surface area contributed by atoms with Gasteiger partial charge in [0.1, 0.15) is 18.1 Å². The average Bonchev–Trinajstić information content (AvgIpc) is 3.20. The monoisotopic (exact) mass is 444 g/mol. The van der Waals surface area contributed by atoms with Crippen LogP contribution in [0.25, 0.3) is 0 Å². The van der Waals surface area contributed by atoms with Crippen molar-refractivity contribution in [1.29, 1.82) is 0 Å². The van der Waals surface area contributed by atoms with Gasteiger partial charge >= 0.3 is 11.9 Å². The minimum absolute atomic E-state index is 0.0674. The number of carbonyl (C=O) groups is 5. The Morgan fingerprint density at radius 1 is 1.07 bits per heavy atom. The zero-order chi connectivity index (χ0) is 22.7. The quantitative estimate of drug-likeness (QED) is 0.148. The molecule has 30 heavy (non-hydrogen) atoms. The summed E-state index contributed by atoms with van der Waals surface area (Å²) in [5, 5.41) is 25.0. The van der Waals surface area contributed by atoms with Crippen LogP contribution in [-0.2, 0) is 30.4 Å². The Kier molecular flexibility index (Phi) is 10.3. The lowest BCUT2D eigenvalue weighted by Crippen LogP contribution is -2.57. The van der Waals surface area contributed by atoms with E-state index in [1.54, 1.807) is 0 Å². The van der Waals surface area contributed by atoms with E-state index < -0.39 is 60.8 Å². The van der Waals surface area contributed by atoms with Gasteiger partial charge in [0.2, 0.25) is 17.7 Å². The van der Waals surface area contributed by atoms with Gasteiger partial charge in [-0.15, -0.1) is 0 Å². The molecule has 0 aliphatic heterocycles. The lowest BCUT2D eigenvalue weighted by atomic mass is 10.1. The van der Waals surface area contributed by atoms with E-state index in [-0.39, 0.29) is 18.6 Å². The molecular formula is C16H24N6O7S. The molecule has 0 fully saturated rings. The first kappa shape index (κ1) is 24.9. The summed E-state index contributed by atoms with van der Waals surface area (Å²) in [4.78, 5) is 65.1. The van der Waals surface area contributed by atoms with Gasteiger partial charge in [0.15, 0.2) is 0 Å².